The zero-order chi connectivity index (χ0) is 15.0. The van der Waals surface area contributed by atoms with Crippen LogP contribution >= 0.6 is 23.1 Å². The second-order valence-corrected chi connectivity index (χ2v) is 7.88. The first-order valence-corrected chi connectivity index (χ1v) is 9.31. The van der Waals surface area contributed by atoms with Crippen LogP contribution in [0.25, 0.3) is 10.1 Å². The number of fused-ring (bicyclic) bond motifs is 1. The molecule has 1 aromatic carbocycles. The van der Waals surface area contributed by atoms with Crippen LogP contribution in [0.1, 0.15) is 34.5 Å². The van der Waals surface area contributed by atoms with Crippen molar-refractivity contribution in [3.05, 3.63) is 28.6 Å². The summed E-state index contributed by atoms with van der Waals surface area (Å²) in [6.07, 6.45) is 5.46. The number of carbonyl (C=O) groups is 1. The van der Waals surface area contributed by atoms with Gasteiger partial charge in [-0.1, -0.05) is 11.6 Å². The van der Waals surface area contributed by atoms with Crippen LogP contribution in [-0.4, -0.2) is 23.5 Å². The van der Waals surface area contributed by atoms with Gasteiger partial charge in [0, 0.05) is 21.4 Å². The maximum Gasteiger partial charge on any atom is 0.263 e. The number of thiophene rings is 1. The third kappa shape index (κ3) is 2.90. The number of thioether (sulfide) groups is 1. The number of rotatable bonds is 3. The Morgan fingerprint density at radius 3 is 2.95 bits per heavy atom. The van der Waals surface area contributed by atoms with Crippen LogP contribution in [0.15, 0.2) is 18.2 Å². The van der Waals surface area contributed by atoms with Gasteiger partial charge in [-0.25, -0.2) is 0 Å². The fraction of sp³-hybridized carbons (Fsp3) is 0.438. The van der Waals surface area contributed by atoms with E-state index in [-0.39, 0.29) is 5.91 Å². The van der Waals surface area contributed by atoms with Crippen LogP contribution in [-0.2, 0) is 0 Å². The van der Waals surface area contributed by atoms with Crippen molar-refractivity contribution in [3.8, 4) is 0 Å². The Labute approximate surface area is 133 Å². The molecule has 1 amide bonds. The first-order chi connectivity index (χ1) is 10.1. The fourth-order valence-corrected chi connectivity index (χ4v) is 4.74. The average Bonchev–Trinajstić information content (AvgIpc) is 3.04. The van der Waals surface area contributed by atoms with Crippen LogP contribution in [0.5, 0.6) is 0 Å². The van der Waals surface area contributed by atoms with E-state index < -0.39 is 0 Å². The van der Waals surface area contributed by atoms with Gasteiger partial charge in [-0.15, -0.1) is 11.3 Å². The molecule has 1 aliphatic carbocycles. The molecule has 2 atom stereocenters. The van der Waals surface area contributed by atoms with Gasteiger partial charge in [0.2, 0.25) is 0 Å². The standard InChI is InChI=1S/C16H20N2OS2/c1-9-3-6-13-12(7-9)14(17)15(21-13)16(19)18-10-4-5-11(8-10)20-2/h3,6-7,10-11H,4-5,8,17H2,1-2H3,(H,18,19). The second-order valence-electron chi connectivity index (χ2n) is 5.69. The largest absolute Gasteiger partial charge is 0.397 e. The van der Waals surface area contributed by atoms with Gasteiger partial charge in [0.25, 0.3) is 5.91 Å². The number of benzene rings is 1. The van der Waals surface area contributed by atoms with E-state index in [1.165, 1.54) is 17.8 Å². The second kappa shape index (κ2) is 5.89. The van der Waals surface area contributed by atoms with Crippen molar-refractivity contribution in [1.82, 2.24) is 5.32 Å². The molecule has 112 valence electrons. The smallest absolute Gasteiger partial charge is 0.263 e. The summed E-state index contributed by atoms with van der Waals surface area (Å²) < 4.78 is 1.08. The summed E-state index contributed by atoms with van der Waals surface area (Å²) in [5.74, 6) is -0.0156. The molecule has 0 radical (unpaired) electrons. The molecule has 0 saturated heterocycles. The Kier molecular flexibility index (Phi) is 4.13. The summed E-state index contributed by atoms with van der Waals surface area (Å²) in [6, 6.07) is 6.44. The first-order valence-electron chi connectivity index (χ1n) is 7.20. The minimum absolute atomic E-state index is 0.0156. The van der Waals surface area contributed by atoms with Gasteiger partial charge in [-0.2, -0.15) is 11.8 Å². The molecule has 3 N–H and O–H groups in total. The molecular weight excluding hydrogens is 300 g/mol. The van der Waals surface area contributed by atoms with Gasteiger partial charge >= 0.3 is 0 Å². The molecule has 3 nitrogen and oxygen atoms in total. The van der Waals surface area contributed by atoms with Gasteiger partial charge in [0.05, 0.1) is 5.69 Å². The zero-order valence-electron chi connectivity index (χ0n) is 12.3. The van der Waals surface area contributed by atoms with Crippen LogP contribution in [0.2, 0.25) is 0 Å². The van der Waals surface area contributed by atoms with Crippen molar-refractivity contribution >= 4 is 44.8 Å². The molecule has 1 aromatic heterocycles. The quantitative estimate of drug-likeness (QED) is 0.904. The Morgan fingerprint density at radius 1 is 1.43 bits per heavy atom. The molecule has 0 bridgehead atoms. The van der Waals surface area contributed by atoms with Gasteiger partial charge in [0.15, 0.2) is 0 Å². The number of hydrogen-bond acceptors (Lipinski definition) is 4. The highest BCUT2D eigenvalue weighted by molar-refractivity contribution is 7.99. The van der Waals surface area contributed by atoms with Crippen molar-refractivity contribution in [2.24, 2.45) is 0 Å². The van der Waals surface area contributed by atoms with Gasteiger partial charge in [-0.3, -0.25) is 4.79 Å². The summed E-state index contributed by atoms with van der Waals surface area (Å²) in [5, 5.41) is 4.83. The van der Waals surface area contributed by atoms with E-state index in [0.29, 0.717) is 21.9 Å². The van der Waals surface area contributed by atoms with E-state index in [0.717, 1.165) is 28.5 Å². The van der Waals surface area contributed by atoms with Crippen molar-refractivity contribution < 1.29 is 4.79 Å². The molecule has 2 aromatic rings. The summed E-state index contributed by atoms with van der Waals surface area (Å²) in [5.41, 5.74) is 7.97. The lowest BCUT2D eigenvalue weighted by Crippen LogP contribution is -2.32. The summed E-state index contributed by atoms with van der Waals surface area (Å²) in [6.45, 7) is 2.04. The minimum atomic E-state index is -0.0156. The van der Waals surface area contributed by atoms with E-state index in [9.17, 15) is 4.79 Å². The third-order valence-electron chi connectivity index (χ3n) is 4.14. The van der Waals surface area contributed by atoms with Gasteiger partial charge in [-0.05, 0) is 44.6 Å². The molecule has 2 unspecified atom stereocenters. The monoisotopic (exact) mass is 320 g/mol. The van der Waals surface area contributed by atoms with Gasteiger partial charge in [0.1, 0.15) is 4.88 Å². The number of nitrogen functional groups attached to an aromatic ring is 1. The maximum atomic E-state index is 12.5. The zero-order valence-corrected chi connectivity index (χ0v) is 13.9. The number of aryl methyl sites for hydroxylation is 1. The summed E-state index contributed by atoms with van der Waals surface area (Å²) in [4.78, 5) is 13.1. The normalized spacial score (nSPS) is 21.8. The van der Waals surface area contributed by atoms with Crippen LogP contribution in [0, 0.1) is 6.92 Å². The number of nitrogens with one attached hydrogen (secondary N) is 1. The van der Waals surface area contributed by atoms with Gasteiger partial charge < -0.3 is 11.1 Å². The highest BCUT2D eigenvalue weighted by Crippen LogP contribution is 2.35. The topological polar surface area (TPSA) is 55.1 Å². The molecule has 1 saturated carbocycles. The van der Waals surface area contributed by atoms with Crippen LogP contribution < -0.4 is 11.1 Å². The fourth-order valence-electron chi connectivity index (χ4n) is 2.94. The van der Waals surface area contributed by atoms with E-state index in [4.69, 9.17) is 5.73 Å². The molecule has 1 aliphatic rings. The third-order valence-corrected chi connectivity index (χ3v) is 6.42. The van der Waals surface area contributed by atoms with Crippen LogP contribution in [0.4, 0.5) is 5.69 Å². The number of hydrogen-bond donors (Lipinski definition) is 2. The van der Waals surface area contributed by atoms with Crippen molar-refractivity contribution in [3.63, 3.8) is 0 Å². The predicted molar refractivity (Wildman–Crippen MR) is 93.4 cm³/mol. The summed E-state index contributed by atoms with van der Waals surface area (Å²) >= 11 is 3.38. The molecule has 0 aliphatic heterocycles. The number of nitrogens with two attached hydrogens (primary N) is 1. The number of amides is 1. The SMILES string of the molecule is CSC1CCC(NC(=O)c2sc3ccc(C)cc3c2N)C1. The van der Waals surface area contributed by atoms with Crippen molar-refractivity contribution in [2.75, 3.05) is 12.0 Å². The first kappa shape index (κ1) is 14.7. The molecule has 3 rings (SSSR count). The highest BCUT2D eigenvalue weighted by atomic mass is 32.2. The highest BCUT2D eigenvalue weighted by Gasteiger charge is 2.26. The van der Waals surface area contributed by atoms with Crippen molar-refractivity contribution in [1.29, 1.82) is 0 Å². The predicted octanol–water partition coefficient (Wildman–Crippen LogP) is 3.81. The Morgan fingerprint density at radius 2 is 2.24 bits per heavy atom. The molecule has 21 heavy (non-hydrogen) atoms. The maximum absolute atomic E-state index is 12.5. The Balaban J connectivity index is 1.80. The molecule has 1 heterocycles. The number of anilines is 1. The molecule has 0 spiro atoms. The van der Waals surface area contributed by atoms with E-state index in [2.05, 4.69) is 23.7 Å². The Hall–Kier alpha value is -1.20. The lowest BCUT2D eigenvalue weighted by Gasteiger charge is -2.12. The van der Waals surface area contributed by atoms with E-state index >= 15 is 0 Å². The molecule has 5 heteroatoms. The van der Waals surface area contributed by atoms with Crippen molar-refractivity contribution in [2.45, 2.75) is 37.5 Å². The van der Waals surface area contributed by atoms with E-state index in [1.807, 2.05) is 24.8 Å². The Bertz CT molecular complexity index is 680. The summed E-state index contributed by atoms with van der Waals surface area (Å²) in [7, 11) is 0. The lowest BCUT2D eigenvalue weighted by molar-refractivity contribution is 0.0943. The molecule has 1 fully saturated rings. The van der Waals surface area contributed by atoms with Crippen LogP contribution in [0.3, 0.4) is 0 Å². The number of carbonyl (C=O) groups excluding carboxylic acids is 1. The minimum Gasteiger partial charge on any atom is -0.397 e. The lowest BCUT2D eigenvalue weighted by atomic mass is 10.1. The molecular formula is C16H20N2OS2. The van der Waals surface area contributed by atoms with E-state index in [1.54, 1.807) is 0 Å². The average molecular weight is 320 g/mol.